The lowest BCUT2D eigenvalue weighted by atomic mass is 9.95. The van der Waals surface area contributed by atoms with Crippen molar-refractivity contribution < 1.29 is 9.53 Å². The molecule has 0 spiro atoms. The molecule has 1 fully saturated rings. The molecule has 1 aliphatic heterocycles. The van der Waals surface area contributed by atoms with Gasteiger partial charge in [0.25, 0.3) is 0 Å². The van der Waals surface area contributed by atoms with E-state index in [2.05, 4.69) is 23.9 Å². The van der Waals surface area contributed by atoms with E-state index in [1.54, 1.807) is 6.92 Å². The van der Waals surface area contributed by atoms with Crippen LogP contribution in [0.1, 0.15) is 32.6 Å². The van der Waals surface area contributed by atoms with Crippen LogP contribution in [0.2, 0.25) is 0 Å². The molecular weight excluding hydrogens is 254 g/mol. The third kappa shape index (κ3) is 5.77. The number of ether oxygens (including phenoxy) is 1. The van der Waals surface area contributed by atoms with Gasteiger partial charge in [0.15, 0.2) is 0 Å². The zero-order chi connectivity index (χ0) is 15.2. The number of piperidine rings is 1. The Bertz CT molecular complexity index is 299. The van der Waals surface area contributed by atoms with Gasteiger partial charge in [-0.3, -0.25) is 4.79 Å². The summed E-state index contributed by atoms with van der Waals surface area (Å²) in [6.07, 6.45) is 4.16. The monoisotopic (exact) mass is 285 g/mol. The maximum absolute atomic E-state index is 11.5. The quantitative estimate of drug-likeness (QED) is 0.705. The van der Waals surface area contributed by atoms with Gasteiger partial charge in [0.05, 0.1) is 7.11 Å². The molecule has 0 aromatic carbocycles. The predicted molar refractivity (Wildman–Crippen MR) is 81.6 cm³/mol. The van der Waals surface area contributed by atoms with Crippen LogP contribution in [0.5, 0.6) is 0 Å². The fourth-order valence-electron chi connectivity index (χ4n) is 2.83. The minimum Gasteiger partial charge on any atom is -0.468 e. The number of nitrogens with two attached hydrogens (primary N) is 1. The van der Waals surface area contributed by atoms with E-state index in [0.717, 1.165) is 25.4 Å². The van der Waals surface area contributed by atoms with Crippen LogP contribution in [0.3, 0.4) is 0 Å². The minimum atomic E-state index is -0.858. The van der Waals surface area contributed by atoms with E-state index in [1.807, 2.05) is 0 Å². The Morgan fingerprint density at radius 2 is 2.05 bits per heavy atom. The Morgan fingerprint density at radius 3 is 2.60 bits per heavy atom. The summed E-state index contributed by atoms with van der Waals surface area (Å²) in [5, 5.41) is 0. The molecule has 1 heterocycles. The van der Waals surface area contributed by atoms with Gasteiger partial charge in [0.2, 0.25) is 0 Å². The van der Waals surface area contributed by atoms with Gasteiger partial charge in [-0.1, -0.05) is 0 Å². The molecule has 0 aromatic heterocycles. The van der Waals surface area contributed by atoms with Gasteiger partial charge in [-0.05, 0) is 72.3 Å². The molecular formula is C15H31N3O2. The molecule has 0 saturated carbocycles. The Hall–Kier alpha value is -0.650. The van der Waals surface area contributed by atoms with Crippen molar-refractivity contribution >= 4 is 5.97 Å². The van der Waals surface area contributed by atoms with Crippen molar-refractivity contribution in [2.24, 2.45) is 11.7 Å². The van der Waals surface area contributed by atoms with Crippen LogP contribution in [0.15, 0.2) is 0 Å². The van der Waals surface area contributed by atoms with Gasteiger partial charge in [-0.2, -0.15) is 0 Å². The third-order valence-corrected chi connectivity index (χ3v) is 4.30. The van der Waals surface area contributed by atoms with E-state index in [1.165, 1.54) is 33.0 Å². The van der Waals surface area contributed by atoms with Gasteiger partial charge in [-0.15, -0.1) is 0 Å². The molecule has 0 amide bonds. The zero-order valence-corrected chi connectivity index (χ0v) is 13.5. The lowest BCUT2D eigenvalue weighted by Gasteiger charge is -2.32. The summed E-state index contributed by atoms with van der Waals surface area (Å²) < 4.78 is 4.72. The number of hydrogen-bond acceptors (Lipinski definition) is 5. The highest BCUT2D eigenvalue weighted by molar-refractivity contribution is 5.79. The van der Waals surface area contributed by atoms with Gasteiger partial charge in [0.1, 0.15) is 5.54 Å². The molecule has 0 bridgehead atoms. The third-order valence-electron chi connectivity index (χ3n) is 4.30. The summed E-state index contributed by atoms with van der Waals surface area (Å²) in [6, 6.07) is 0. The molecule has 1 atom stereocenters. The molecule has 1 rings (SSSR count). The molecule has 5 heteroatoms. The van der Waals surface area contributed by atoms with Gasteiger partial charge < -0.3 is 20.3 Å². The highest BCUT2D eigenvalue weighted by Crippen LogP contribution is 2.17. The van der Waals surface area contributed by atoms with E-state index in [9.17, 15) is 4.79 Å². The first-order valence-electron chi connectivity index (χ1n) is 7.59. The molecule has 118 valence electrons. The number of esters is 1. The Labute approximate surface area is 123 Å². The standard InChI is InChI=1S/C15H31N3O2/c1-15(16,14(19)20-4)8-5-9-18(3)12-13-6-10-17(2)11-7-13/h13H,5-12,16H2,1-4H3. The number of carbonyl (C=O) groups excluding carboxylic acids is 1. The minimum absolute atomic E-state index is 0.324. The smallest absolute Gasteiger partial charge is 0.325 e. The fraction of sp³-hybridized carbons (Fsp3) is 0.933. The first kappa shape index (κ1) is 17.4. The average Bonchev–Trinajstić information content (AvgIpc) is 2.40. The predicted octanol–water partition coefficient (Wildman–Crippen LogP) is 0.931. The summed E-state index contributed by atoms with van der Waals surface area (Å²) in [5.41, 5.74) is 5.10. The molecule has 1 aliphatic rings. The van der Waals surface area contributed by atoms with E-state index < -0.39 is 5.54 Å². The second-order valence-electron chi connectivity index (χ2n) is 6.52. The van der Waals surface area contributed by atoms with Gasteiger partial charge in [-0.25, -0.2) is 0 Å². The van der Waals surface area contributed by atoms with Gasteiger partial charge in [0, 0.05) is 6.54 Å². The van der Waals surface area contributed by atoms with Crippen molar-refractivity contribution in [3.63, 3.8) is 0 Å². The molecule has 1 saturated heterocycles. The Balaban J connectivity index is 2.20. The topological polar surface area (TPSA) is 58.8 Å². The highest BCUT2D eigenvalue weighted by atomic mass is 16.5. The van der Waals surface area contributed by atoms with Crippen molar-refractivity contribution in [2.45, 2.75) is 38.1 Å². The van der Waals surface area contributed by atoms with E-state index >= 15 is 0 Å². The number of rotatable bonds is 7. The summed E-state index contributed by atoms with van der Waals surface area (Å²) in [5.74, 6) is 0.483. The lowest BCUT2D eigenvalue weighted by Crippen LogP contribution is -2.46. The van der Waals surface area contributed by atoms with Crippen LogP contribution in [0.25, 0.3) is 0 Å². The molecule has 0 aliphatic carbocycles. The number of nitrogens with zero attached hydrogens (tertiary/aromatic N) is 2. The van der Waals surface area contributed by atoms with Crippen LogP contribution in [0, 0.1) is 5.92 Å². The van der Waals surface area contributed by atoms with Crippen LogP contribution < -0.4 is 5.73 Å². The van der Waals surface area contributed by atoms with E-state index in [-0.39, 0.29) is 5.97 Å². The highest BCUT2D eigenvalue weighted by Gasteiger charge is 2.28. The molecule has 0 aromatic rings. The van der Waals surface area contributed by atoms with Crippen molar-refractivity contribution in [2.75, 3.05) is 47.4 Å². The molecule has 0 radical (unpaired) electrons. The van der Waals surface area contributed by atoms with Crippen molar-refractivity contribution in [1.29, 1.82) is 0 Å². The first-order chi connectivity index (χ1) is 9.35. The molecule has 1 unspecified atom stereocenters. The fourth-order valence-corrected chi connectivity index (χ4v) is 2.83. The van der Waals surface area contributed by atoms with Crippen molar-refractivity contribution in [3.05, 3.63) is 0 Å². The van der Waals surface area contributed by atoms with E-state index in [4.69, 9.17) is 10.5 Å². The largest absolute Gasteiger partial charge is 0.468 e. The number of carbonyl (C=O) groups is 1. The Kier molecular flexibility index (Phi) is 6.92. The van der Waals surface area contributed by atoms with Crippen molar-refractivity contribution in [3.8, 4) is 0 Å². The summed E-state index contributed by atoms with van der Waals surface area (Å²) in [7, 11) is 5.73. The van der Waals surface area contributed by atoms with Crippen LogP contribution in [-0.4, -0.2) is 68.7 Å². The number of methoxy groups -OCH3 is 1. The van der Waals surface area contributed by atoms with Crippen LogP contribution >= 0.6 is 0 Å². The normalized spacial score (nSPS) is 20.9. The van der Waals surface area contributed by atoms with Crippen molar-refractivity contribution in [1.82, 2.24) is 9.80 Å². The summed E-state index contributed by atoms with van der Waals surface area (Å²) in [6.45, 7) is 6.29. The zero-order valence-electron chi connectivity index (χ0n) is 13.5. The molecule has 5 nitrogen and oxygen atoms in total. The number of hydrogen-bond donors (Lipinski definition) is 1. The van der Waals surface area contributed by atoms with Gasteiger partial charge >= 0.3 is 5.97 Å². The maximum Gasteiger partial charge on any atom is 0.325 e. The molecule has 20 heavy (non-hydrogen) atoms. The second kappa shape index (κ2) is 7.96. The second-order valence-corrected chi connectivity index (χ2v) is 6.52. The lowest BCUT2D eigenvalue weighted by molar-refractivity contribution is -0.146. The summed E-state index contributed by atoms with van der Waals surface area (Å²) in [4.78, 5) is 16.3. The van der Waals surface area contributed by atoms with Crippen LogP contribution in [0.4, 0.5) is 0 Å². The molecule has 2 N–H and O–H groups in total. The van der Waals surface area contributed by atoms with E-state index in [0.29, 0.717) is 6.42 Å². The summed E-state index contributed by atoms with van der Waals surface area (Å²) >= 11 is 0. The maximum atomic E-state index is 11.5. The number of likely N-dealkylation sites (tertiary alicyclic amines) is 1. The first-order valence-corrected chi connectivity index (χ1v) is 7.59. The SMILES string of the molecule is COC(=O)C(C)(N)CCCN(C)CC1CCN(C)CC1. The average molecular weight is 285 g/mol. The van der Waals surface area contributed by atoms with Crippen LogP contribution in [-0.2, 0) is 9.53 Å². The Morgan fingerprint density at radius 1 is 1.45 bits per heavy atom.